The van der Waals surface area contributed by atoms with E-state index in [1.165, 1.54) is 32.1 Å². The van der Waals surface area contributed by atoms with E-state index in [-0.39, 0.29) is 5.54 Å². The second kappa shape index (κ2) is 4.63. The number of nitrogens with one attached hydrogen (secondary N) is 1. The molecule has 1 aliphatic carbocycles. The Kier molecular flexibility index (Phi) is 3.96. The summed E-state index contributed by atoms with van der Waals surface area (Å²) < 4.78 is 0. The molecular formula is C12H26N2. The van der Waals surface area contributed by atoms with E-state index in [4.69, 9.17) is 5.73 Å². The molecule has 3 N–H and O–H groups in total. The first kappa shape index (κ1) is 12.0. The van der Waals surface area contributed by atoms with E-state index < -0.39 is 0 Å². The highest BCUT2D eigenvalue weighted by Crippen LogP contribution is 2.29. The SMILES string of the molecule is CCCC(C)(N)CNC1(C)CCCC1. The summed E-state index contributed by atoms with van der Waals surface area (Å²) in [6.07, 6.45) is 7.66. The highest BCUT2D eigenvalue weighted by molar-refractivity contribution is 4.92. The average molecular weight is 198 g/mol. The molecule has 0 heterocycles. The van der Waals surface area contributed by atoms with Gasteiger partial charge in [0.2, 0.25) is 0 Å². The van der Waals surface area contributed by atoms with Crippen molar-refractivity contribution < 1.29 is 0 Å². The molecular weight excluding hydrogens is 172 g/mol. The molecule has 14 heavy (non-hydrogen) atoms. The van der Waals surface area contributed by atoms with Gasteiger partial charge in [-0.3, -0.25) is 0 Å². The Labute approximate surface area is 88.6 Å². The van der Waals surface area contributed by atoms with Crippen LogP contribution in [0, 0.1) is 0 Å². The molecule has 2 nitrogen and oxygen atoms in total. The van der Waals surface area contributed by atoms with Crippen molar-refractivity contribution in [1.29, 1.82) is 0 Å². The molecule has 0 amide bonds. The van der Waals surface area contributed by atoms with Crippen LogP contribution in [-0.4, -0.2) is 17.6 Å². The van der Waals surface area contributed by atoms with Crippen LogP contribution in [0.5, 0.6) is 0 Å². The van der Waals surface area contributed by atoms with Gasteiger partial charge in [0.15, 0.2) is 0 Å². The van der Waals surface area contributed by atoms with Gasteiger partial charge in [-0.15, -0.1) is 0 Å². The van der Waals surface area contributed by atoms with Gasteiger partial charge < -0.3 is 11.1 Å². The Bertz CT molecular complexity index is 169. The molecule has 0 aromatic carbocycles. The van der Waals surface area contributed by atoms with E-state index in [1.54, 1.807) is 0 Å². The lowest BCUT2D eigenvalue weighted by molar-refractivity contribution is 0.302. The van der Waals surface area contributed by atoms with Crippen LogP contribution in [0.3, 0.4) is 0 Å². The van der Waals surface area contributed by atoms with Crippen LogP contribution in [0.15, 0.2) is 0 Å². The zero-order valence-electron chi connectivity index (χ0n) is 10.0. The van der Waals surface area contributed by atoms with Gasteiger partial charge in [0.25, 0.3) is 0 Å². The van der Waals surface area contributed by atoms with Crippen LogP contribution >= 0.6 is 0 Å². The molecule has 0 aromatic heterocycles. The third kappa shape index (κ3) is 3.58. The Morgan fingerprint density at radius 2 is 1.93 bits per heavy atom. The molecule has 0 radical (unpaired) electrons. The quantitative estimate of drug-likeness (QED) is 0.712. The molecule has 84 valence electrons. The highest BCUT2D eigenvalue weighted by atomic mass is 15.0. The largest absolute Gasteiger partial charge is 0.324 e. The second-order valence-corrected chi connectivity index (χ2v) is 5.53. The van der Waals surface area contributed by atoms with Crippen molar-refractivity contribution in [1.82, 2.24) is 5.32 Å². The van der Waals surface area contributed by atoms with E-state index in [0.29, 0.717) is 5.54 Å². The molecule has 0 spiro atoms. The van der Waals surface area contributed by atoms with Crippen molar-refractivity contribution in [2.75, 3.05) is 6.54 Å². The maximum absolute atomic E-state index is 6.20. The molecule has 1 atom stereocenters. The van der Waals surface area contributed by atoms with Crippen molar-refractivity contribution in [2.45, 2.75) is 70.4 Å². The lowest BCUT2D eigenvalue weighted by atomic mass is 9.94. The Balaban J connectivity index is 2.31. The summed E-state index contributed by atoms with van der Waals surface area (Å²) >= 11 is 0. The normalized spacial score (nSPS) is 24.9. The summed E-state index contributed by atoms with van der Waals surface area (Å²) in [5, 5.41) is 3.66. The minimum absolute atomic E-state index is 0.0274. The second-order valence-electron chi connectivity index (χ2n) is 5.53. The lowest BCUT2D eigenvalue weighted by Crippen LogP contribution is -2.52. The van der Waals surface area contributed by atoms with Crippen LogP contribution in [0.1, 0.15) is 59.3 Å². The van der Waals surface area contributed by atoms with Crippen LogP contribution < -0.4 is 11.1 Å². The number of nitrogens with two attached hydrogens (primary N) is 1. The van der Waals surface area contributed by atoms with Crippen molar-refractivity contribution in [3.63, 3.8) is 0 Å². The van der Waals surface area contributed by atoms with Crippen LogP contribution in [0.4, 0.5) is 0 Å². The van der Waals surface area contributed by atoms with Crippen molar-refractivity contribution in [3.05, 3.63) is 0 Å². The molecule has 0 saturated heterocycles. The third-order valence-electron chi connectivity index (χ3n) is 3.45. The minimum Gasteiger partial charge on any atom is -0.324 e. The number of hydrogen-bond acceptors (Lipinski definition) is 2. The van der Waals surface area contributed by atoms with Gasteiger partial charge in [0.05, 0.1) is 0 Å². The predicted molar refractivity (Wildman–Crippen MR) is 62.4 cm³/mol. The van der Waals surface area contributed by atoms with Crippen molar-refractivity contribution >= 4 is 0 Å². The summed E-state index contributed by atoms with van der Waals surface area (Å²) in [6, 6.07) is 0. The molecule has 1 aliphatic rings. The predicted octanol–water partition coefficient (Wildman–Crippen LogP) is 2.43. The van der Waals surface area contributed by atoms with Gasteiger partial charge >= 0.3 is 0 Å². The summed E-state index contributed by atoms with van der Waals surface area (Å²) in [7, 11) is 0. The zero-order valence-corrected chi connectivity index (χ0v) is 10.0. The van der Waals surface area contributed by atoms with Crippen molar-refractivity contribution in [3.8, 4) is 0 Å². The van der Waals surface area contributed by atoms with Crippen molar-refractivity contribution in [2.24, 2.45) is 5.73 Å². The topological polar surface area (TPSA) is 38.0 Å². The maximum Gasteiger partial charge on any atom is 0.0252 e. The maximum atomic E-state index is 6.20. The van der Waals surface area contributed by atoms with E-state index >= 15 is 0 Å². The van der Waals surface area contributed by atoms with Gasteiger partial charge in [-0.2, -0.15) is 0 Å². The smallest absolute Gasteiger partial charge is 0.0252 e. The van der Waals surface area contributed by atoms with E-state index in [9.17, 15) is 0 Å². The van der Waals surface area contributed by atoms with Crippen LogP contribution in [0.2, 0.25) is 0 Å². The van der Waals surface area contributed by atoms with E-state index in [1.807, 2.05) is 0 Å². The highest BCUT2D eigenvalue weighted by Gasteiger charge is 2.30. The van der Waals surface area contributed by atoms with Crippen LogP contribution in [0.25, 0.3) is 0 Å². The summed E-state index contributed by atoms with van der Waals surface area (Å²) in [6.45, 7) is 7.64. The molecule has 0 bridgehead atoms. The monoisotopic (exact) mass is 198 g/mol. The first-order chi connectivity index (χ1) is 6.47. The molecule has 1 rings (SSSR count). The van der Waals surface area contributed by atoms with Gasteiger partial charge in [-0.1, -0.05) is 26.2 Å². The van der Waals surface area contributed by atoms with Gasteiger partial charge in [-0.05, 0) is 33.1 Å². The van der Waals surface area contributed by atoms with E-state index in [2.05, 4.69) is 26.1 Å². The molecule has 1 saturated carbocycles. The minimum atomic E-state index is -0.0274. The number of hydrogen-bond donors (Lipinski definition) is 2. The third-order valence-corrected chi connectivity index (χ3v) is 3.45. The fourth-order valence-corrected chi connectivity index (χ4v) is 2.41. The molecule has 0 aromatic rings. The lowest BCUT2D eigenvalue weighted by Gasteiger charge is -2.32. The molecule has 1 fully saturated rings. The van der Waals surface area contributed by atoms with Gasteiger partial charge in [-0.25, -0.2) is 0 Å². The summed E-state index contributed by atoms with van der Waals surface area (Å²) in [4.78, 5) is 0. The zero-order chi connectivity index (χ0) is 10.7. The standard InChI is InChI=1S/C12H26N2/c1-4-7-11(2,13)10-14-12(3)8-5-6-9-12/h14H,4-10,13H2,1-3H3. The summed E-state index contributed by atoms with van der Waals surface area (Å²) in [5.74, 6) is 0. The van der Waals surface area contributed by atoms with Gasteiger partial charge in [0.1, 0.15) is 0 Å². The fraction of sp³-hybridized carbons (Fsp3) is 1.00. The molecule has 1 unspecified atom stereocenters. The summed E-state index contributed by atoms with van der Waals surface area (Å²) in [5.41, 5.74) is 6.54. The average Bonchev–Trinajstić information content (AvgIpc) is 2.50. The Morgan fingerprint density at radius 1 is 1.36 bits per heavy atom. The first-order valence-corrected chi connectivity index (χ1v) is 6.01. The van der Waals surface area contributed by atoms with Gasteiger partial charge in [0, 0.05) is 17.6 Å². The Morgan fingerprint density at radius 3 is 2.43 bits per heavy atom. The van der Waals surface area contributed by atoms with E-state index in [0.717, 1.165) is 13.0 Å². The fourth-order valence-electron chi connectivity index (χ4n) is 2.41. The Hall–Kier alpha value is -0.0800. The molecule has 0 aliphatic heterocycles. The number of rotatable bonds is 5. The first-order valence-electron chi connectivity index (χ1n) is 6.01. The molecule has 2 heteroatoms. The van der Waals surface area contributed by atoms with Crippen LogP contribution in [-0.2, 0) is 0 Å².